The summed E-state index contributed by atoms with van der Waals surface area (Å²) in [7, 11) is 0. The zero-order valence-electron chi connectivity index (χ0n) is 42.0. The molecule has 0 bridgehead atoms. The average molecular weight is 901 g/mol. The molecule has 1 unspecified atom stereocenters. The molecule has 0 aromatic rings. The Morgan fingerprint density at radius 3 is 1.15 bits per heavy atom. The maximum Gasteiger partial charge on any atom is 0.306 e. The number of rotatable bonds is 46. The van der Waals surface area contributed by atoms with Gasteiger partial charge >= 0.3 is 17.9 Å². The van der Waals surface area contributed by atoms with E-state index < -0.39 is 12.1 Å². The molecule has 0 saturated carbocycles. The first kappa shape index (κ1) is 61.1. The largest absolute Gasteiger partial charge is 0.462 e. The van der Waals surface area contributed by atoms with Crippen molar-refractivity contribution in [2.75, 3.05) is 13.2 Å². The number of hydrogen-bond donors (Lipinski definition) is 0. The quantitative estimate of drug-likeness (QED) is 0.0199. The van der Waals surface area contributed by atoms with Crippen molar-refractivity contribution in [3.8, 4) is 0 Å². The molecule has 0 saturated heterocycles. The first-order valence-electron chi connectivity index (χ1n) is 26.4. The van der Waals surface area contributed by atoms with Crippen LogP contribution in [0, 0.1) is 0 Å². The summed E-state index contributed by atoms with van der Waals surface area (Å²) in [5.41, 5.74) is 0. The van der Waals surface area contributed by atoms with Gasteiger partial charge in [-0.25, -0.2) is 0 Å². The van der Waals surface area contributed by atoms with Gasteiger partial charge in [0.15, 0.2) is 6.10 Å². The fraction of sp³-hybridized carbons (Fsp3) is 0.644. The van der Waals surface area contributed by atoms with Crippen molar-refractivity contribution < 1.29 is 28.6 Å². The van der Waals surface area contributed by atoms with E-state index in [2.05, 4.69) is 81.5 Å². The lowest BCUT2D eigenvalue weighted by atomic mass is 10.0. The summed E-state index contributed by atoms with van der Waals surface area (Å²) < 4.78 is 16.7. The van der Waals surface area contributed by atoms with Gasteiger partial charge in [-0.2, -0.15) is 0 Å². The van der Waals surface area contributed by atoms with Gasteiger partial charge in [0.25, 0.3) is 0 Å². The molecule has 0 rings (SSSR count). The summed E-state index contributed by atoms with van der Waals surface area (Å²) in [6, 6.07) is 0. The second-order valence-electron chi connectivity index (χ2n) is 17.1. The van der Waals surface area contributed by atoms with Gasteiger partial charge in [-0.05, 0) is 70.6 Å². The summed E-state index contributed by atoms with van der Waals surface area (Å²) in [5.74, 6) is -1.05. The van der Waals surface area contributed by atoms with Crippen molar-refractivity contribution in [2.24, 2.45) is 0 Å². The third-order valence-electron chi connectivity index (χ3n) is 10.9. The van der Waals surface area contributed by atoms with Crippen molar-refractivity contribution in [3.05, 3.63) is 109 Å². The molecule has 368 valence electrons. The van der Waals surface area contributed by atoms with Gasteiger partial charge in [0, 0.05) is 19.3 Å². The van der Waals surface area contributed by atoms with Gasteiger partial charge < -0.3 is 14.2 Å². The molecule has 0 spiro atoms. The SMILES string of the molecule is CC/C=C/C=C/C=C/C=C/CCCCCC(=O)OCC(COC(=O)CCCCCCCCCCCCCCCCCCCC)OC(=O)CC/C=C/C/C=C/C/C=C/C/C=C/C/C=C/CC. The number of esters is 3. The molecule has 0 N–H and O–H groups in total. The van der Waals surface area contributed by atoms with E-state index in [0.717, 1.165) is 83.5 Å². The molecule has 6 heteroatoms. The van der Waals surface area contributed by atoms with E-state index in [1.54, 1.807) is 0 Å². The van der Waals surface area contributed by atoms with Gasteiger partial charge in [0.2, 0.25) is 0 Å². The molecular weight excluding hydrogens is 805 g/mol. The van der Waals surface area contributed by atoms with Gasteiger partial charge in [0.05, 0.1) is 0 Å². The molecular formula is C59H96O6. The number of carbonyl (C=O) groups excluding carboxylic acids is 3. The lowest BCUT2D eigenvalue weighted by Gasteiger charge is -2.18. The van der Waals surface area contributed by atoms with Gasteiger partial charge in [-0.3, -0.25) is 14.4 Å². The highest BCUT2D eigenvalue weighted by molar-refractivity contribution is 5.71. The van der Waals surface area contributed by atoms with E-state index in [-0.39, 0.29) is 31.6 Å². The van der Waals surface area contributed by atoms with Crippen LogP contribution in [0.5, 0.6) is 0 Å². The highest BCUT2D eigenvalue weighted by Crippen LogP contribution is 2.15. The summed E-state index contributed by atoms with van der Waals surface area (Å²) in [6.07, 6.45) is 70.9. The van der Waals surface area contributed by atoms with Crippen LogP contribution in [0.25, 0.3) is 0 Å². The first-order valence-corrected chi connectivity index (χ1v) is 26.4. The maximum atomic E-state index is 12.8. The molecule has 65 heavy (non-hydrogen) atoms. The predicted molar refractivity (Wildman–Crippen MR) is 279 cm³/mol. The van der Waals surface area contributed by atoms with Gasteiger partial charge in [0.1, 0.15) is 13.2 Å². The van der Waals surface area contributed by atoms with E-state index in [0.29, 0.717) is 19.3 Å². The molecule has 0 aliphatic heterocycles. The summed E-state index contributed by atoms with van der Waals surface area (Å²) in [6.45, 7) is 6.29. The van der Waals surface area contributed by atoms with Crippen molar-refractivity contribution in [1.29, 1.82) is 0 Å². The minimum atomic E-state index is -0.834. The highest BCUT2D eigenvalue weighted by Gasteiger charge is 2.19. The van der Waals surface area contributed by atoms with Crippen molar-refractivity contribution in [3.63, 3.8) is 0 Å². The Morgan fingerprint density at radius 1 is 0.338 bits per heavy atom. The number of ether oxygens (including phenoxy) is 3. The van der Waals surface area contributed by atoms with Crippen LogP contribution in [-0.4, -0.2) is 37.2 Å². The van der Waals surface area contributed by atoms with Gasteiger partial charge in [-0.15, -0.1) is 0 Å². The van der Waals surface area contributed by atoms with Gasteiger partial charge in [-0.1, -0.05) is 246 Å². The maximum absolute atomic E-state index is 12.8. The van der Waals surface area contributed by atoms with Crippen molar-refractivity contribution in [2.45, 2.75) is 232 Å². The van der Waals surface area contributed by atoms with E-state index in [4.69, 9.17) is 14.2 Å². The minimum Gasteiger partial charge on any atom is -0.462 e. The smallest absolute Gasteiger partial charge is 0.306 e. The summed E-state index contributed by atoms with van der Waals surface area (Å²) in [4.78, 5) is 38.0. The third-order valence-corrected chi connectivity index (χ3v) is 10.9. The predicted octanol–water partition coefficient (Wildman–Crippen LogP) is 17.5. The average Bonchev–Trinajstić information content (AvgIpc) is 3.30. The summed E-state index contributed by atoms with van der Waals surface area (Å²) in [5, 5.41) is 0. The third kappa shape index (κ3) is 50.9. The number of allylic oxidation sites excluding steroid dienone is 18. The van der Waals surface area contributed by atoms with Crippen LogP contribution in [0.2, 0.25) is 0 Å². The molecule has 0 aromatic carbocycles. The van der Waals surface area contributed by atoms with Crippen LogP contribution in [-0.2, 0) is 28.6 Å². The van der Waals surface area contributed by atoms with Crippen LogP contribution < -0.4 is 0 Å². The van der Waals surface area contributed by atoms with Crippen LogP contribution in [0.3, 0.4) is 0 Å². The van der Waals surface area contributed by atoms with Crippen LogP contribution >= 0.6 is 0 Å². The molecule has 0 fully saturated rings. The lowest BCUT2D eigenvalue weighted by Crippen LogP contribution is -2.30. The molecule has 0 amide bonds. The second kappa shape index (κ2) is 52.7. The molecule has 1 atom stereocenters. The number of carbonyl (C=O) groups is 3. The number of hydrogen-bond acceptors (Lipinski definition) is 6. The molecule has 0 radical (unpaired) electrons. The number of unbranched alkanes of at least 4 members (excludes halogenated alkanes) is 20. The van der Waals surface area contributed by atoms with Crippen molar-refractivity contribution in [1.82, 2.24) is 0 Å². The zero-order chi connectivity index (χ0) is 47.2. The Morgan fingerprint density at radius 2 is 0.708 bits per heavy atom. The van der Waals surface area contributed by atoms with E-state index in [9.17, 15) is 14.4 Å². The first-order chi connectivity index (χ1) is 32.0. The Balaban J connectivity index is 4.51. The normalized spacial score (nSPS) is 13.0. The second-order valence-corrected chi connectivity index (χ2v) is 17.1. The monoisotopic (exact) mass is 901 g/mol. The van der Waals surface area contributed by atoms with Crippen LogP contribution in [0.4, 0.5) is 0 Å². The standard InChI is InChI=1S/C59H96O6/c1-4-7-10-13-16-19-22-25-27-29-30-32-34-37-40-43-46-49-52-58(61)64-55-56(54-63-57(60)51-48-45-42-39-36-33-24-21-18-15-12-9-6-3)65-59(62)53-50-47-44-41-38-35-31-28-26-23-20-17-14-11-8-5-2/h8-9,11-12,15,17-18,20-21,24,26,28,33,35-36,38,44,47,56H,4-7,10,13-14,16,19,22-23,25,27,29-32,34,37,39-43,45-46,48-55H2,1-3H3/b11-8+,12-9+,18-15+,20-17+,24-21+,28-26+,36-33+,38-35+,47-44+. The molecule has 0 heterocycles. The topological polar surface area (TPSA) is 78.9 Å². The Kier molecular flexibility index (Phi) is 49.5. The fourth-order valence-electron chi connectivity index (χ4n) is 6.97. The van der Waals surface area contributed by atoms with Crippen molar-refractivity contribution >= 4 is 17.9 Å². The highest BCUT2D eigenvalue weighted by atomic mass is 16.6. The summed E-state index contributed by atoms with van der Waals surface area (Å²) >= 11 is 0. The Bertz CT molecular complexity index is 1360. The Labute approximate surface area is 400 Å². The fourth-order valence-corrected chi connectivity index (χ4v) is 6.97. The lowest BCUT2D eigenvalue weighted by molar-refractivity contribution is -0.166. The minimum absolute atomic E-state index is 0.120. The van der Waals surface area contributed by atoms with Crippen LogP contribution in [0.1, 0.15) is 226 Å². The van der Waals surface area contributed by atoms with E-state index >= 15 is 0 Å². The van der Waals surface area contributed by atoms with Crippen LogP contribution in [0.15, 0.2) is 109 Å². The van der Waals surface area contributed by atoms with E-state index in [1.807, 2.05) is 48.6 Å². The van der Waals surface area contributed by atoms with E-state index in [1.165, 1.54) is 96.3 Å². The molecule has 0 aliphatic rings. The molecule has 0 aliphatic carbocycles. The Hall–Kier alpha value is -3.93. The molecule has 0 aromatic heterocycles. The zero-order valence-corrected chi connectivity index (χ0v) is 42.0. The molecule has 6 nitrogen and oxygen atoms in total.